The van der Waals surface area contributed by atoms with Gasteiger partial charge in [-0.25, -0.2) is 4.79 Å². The summed E-state index contributed by atoms with van der Waals surface area (Å²) in [6.07, 6.45) is -0.446. The van der Waals surface area contributed by atoms with Crippen LogP contribution in [0.4, 0.5) is 0 Å². The van der Waals surface area contributed by atoms with Crippen molar-refractivity contribution < 1.29 is 24.2 Å². The molecule has 1 aromatic carbocycles. The minimum Gasteiger partial charge on any atom is -0.440 e. The van der Waals surface area contributed by atoms with E-state index >= 15 is 0 Å². The highest BCUT2D eigenvalue weighted by Crippen LogP contribution is 2.35. The summed E-state index contributed by atoms with van der Waals surface area (Å²) < 4.78 is 5.18. The van der Waals surface area contributed by atoms with Gasteiger partial charge in [0.15, 0.2) is 6.10 Å². The molecule has 0 saturated heterocycles. The maximum Gasteiger partial charge on any atom is 0.336 e. The number of carbonyl (C=O) groups excluding carboxylic acids is 3. The maximum absolute atomic E-state index is 12.5. The van der Waals surface area contributed by atoms with E-state index < -0.39 is 29.2 Å². The Labute approximate surface area is 122 Å². The molecule has 1 aromatic rings. The summed E-state index contributed by atoms with van der Waals surface area (Å²) in [5.41, 5.74) is -1.29. The van der Waals surface area contributed by atoms with E-state index in [1.165, 1.54) is 0 Å². The molecule has 0 amide bonds. The van der Waals surface area contributed by atoms with E-state index in [2.05, 4.69) is 0 Å². The van der Waals surface area contributed by atoms with Crippen LogP contribution in [0.1, 0.15) is 53.8 Å². The summed E-state index contributed by atoms with van der Waals surface area (Å²) in [5.74, 6) is -1.95. The number of esters is 1. The van der Waals surface area contributed by atoms with Gasteiger partial charge in [0.05, 0.1) is 0 Å². The van der Waals surface area contributed by atoms with Crippen LogP contribution >= 0.6 is 0 Å². The number of aliphatic hydroxyl groups excluding tert-OH is 1. The Kier molecular flexibility index (Phi) is 4.23. The van der Waals surface area contributed by atoms with Gasteiger partial charge in [-0.1, -0.05) is 44.5 Å². The lowest BCUT2D eigenvalue weighted by Crippen LogP contribution is -2.47. The number of ketones is 2. The quantitative estimate of drug-likeness (QED) is 0.662. The van der Waals surface area contributed by atoms with Gasteiger partial charge >= 0.3 is 5.97 Å². The molecule has 0 aliphatic heterocycles. The summed E-state index contributed by atoms with van der Waals surface area (Å²) >= 11 is 0. The highest BCUT2D eigenvalue weighted by Gasteiger charge is 2.55. The Morgan fingerprint density at radius 2 is 1.71 bits per heavy atom. The van der Waals surface area contributed by atoms with E-state index in [0.717, 1.165) is 0 Å². The zero-order valence-corrected chi connectivity index (χ0v) is 12.1. The van der Waals surface area contributed by atoms with Crippen molar-refractivity contribution >= 4 is 17.5 Å². The Morgan fingerprint density at radius 3 is 2.14 bits per heavy atom. The summed E-state index contributed by atoms with van der Waals surface area (Å²) in [4.78, 5) is 36.9. The molecule has 0 heterocycles. The molecule has 0 spiro atoms. The molecular weight excluding hydrogens is 272 g/mol. The van der Waals surface area contributed by atoms with E-state index in [1.807, 2.05) is 6.92 Å². The Balaban J connectivity index is 2.34. The number of carbonyl (C=O) groups is 3. The molecule has 0 radical (unpaired) electrons. The van der Waals surface area contributed by atoms with Crippen molar-refractivity contribution in [2.45, 2.75) is 44.8 Å². The number of fused-ring (bicyclic) bond motifs is 1. The molecule has 0 bridgehead atoms. The first-order valence-corrected chi connectivity index (χ1v) is 7.07. The molecule has 1 aliphatic carbocycles. The summed E-state index contributed by atoms with van der Waals surface area (Å²) in [7, 11) is 0. The highest BCUT2D eigenvalue weighted by molar-refractivity contribution is 6.32. The Hall–Kier alpha value is -2.01. The number of aliphatic hydroxyl groups is 1. The molecule has 1 N–H and O–H groups in total. The van der Waals surface area contributed by atoms with Gasteiger partial charge in [0, 0.05) is 11.1 Å². The lowest BCUT2D eigenvalue weighted by molar-refractivity contribution is -0.162. The summed E-state index contributed by atoms with van der Waals surface area (Å²) in [6.45, 7) is 3.43. The molecule has 0 aromatic heterocycles. The zero-order valence-electron chi connectivity index (χ0n) is 12.1. The number of hydrogen-bond acceptors (Lipinski definition) is 5. The van der Waals surface area contributed by atoms with E-state index in [-0.39, 0.29) is 24.0 Å². The van der Waals surface area contributed by atoms with Crippen molar-refractivity contribution in [2.75, 3.05) is 0 Å². The zero-order chi connectivity index (χ0) is 15.6. The van der Waals surface area contributed by atoms with Crippen molar-refractivity contribution in [3.8, 4) is 0 Å². The molecule has 2 rings (SSSR count). The fraction of sp³-hybridized carbons (Fsp3) is 0.438. The largest absolute Gasteiger partial charge is 0.440 e. The van der Waals surface area contributed by atoms with E-state index in [9.17, 15) is 19.5 Å². The number of Topliss-reactive ketones (excluding diaryl/α,β-unsaturated/α-hetero) is 2. The Bertz CT molecular complexity index is 555. The second-order valence-electron chi connectivity index (χ2n) is 5.11. The normalized spacial score (nSPS) is 17.5. The number of ether oxygens (including phenoxy) is 1. The molecular formula is C16H18O5. The number of rotatable bonds is 5. The van der Waals surface area contributed by atoms with E-state index in [0.29, 0.717) is 6.42 Å². The average molecular weight is 290 g/mol. The predicted molar refractivity (Wildman–Crippen MR) is 75.1 cm³/mol. The first-order valence-electron chi connectivity index (χ1n) is 7.07. The van der Waals surface area contributed by atoms with E-state index in [1.54, 1.807) is 31.2 Å². The van der Waals surface area contributed by atoms with Crippen LogP contribution in [0, 0.1) is 0 Å². The van der Waals surface area contributed by atoms with Crippen molar-refractivity contribution in [2.24, 2.45) is 0 Å². The lowest BCUT2D eigenvalue weighted by atomic mass is 9.94. The smallest absolute Gasteiger partial charge is 0.336 e. The molecule has 5 heteroatoms. The van der Waals surface area contributed by atoms with Crippen LogP contribution in [0.15, 0.2) is 24.3 Å². The van der Waals surface area contributed by atoms with Gasteiger partial charge < -0.3 is 9.84 Å². The third-order valence-electron chi connectivity index (χ3n) is 3.76. The monoisotopic (exact) mass is 290 g/mol. The number of benzene rings is 1. The van der Waals surface area contributed by atoms with Gasteiger partial charge in [-0.05, 0) is 12.8 Å². The van der Waals surface area contributed by atoms with Crippen molar-refractivity contribution in [1.29, 1.82) is 0 Å². The fourth-order valence-corrected chi connectivity index (χ4v) is 2.53. The Morgan fingerprint density at radius 1 is 1.19 bits per heavy atom. The summed E-state index contributed by atoms with van der Waals surface area (Å²) in [6, 6.07) is 6.40. The molecule has 0 fully saturated rings. The highest BCUT2D eigenvalue weighted by atomic mass is 16.6. The van der Waals surface area contributed by atoms with Crippen LogP contribution in [0.25, 0.3) is 0 Å². The van der Waals surface area contributed by atoms with Gasteiger partial charge in [-0.2, -0.15) is 0 Å². The van der Waals surface area contributed by atoms with Crippen LogP contribution in [-0.2, 0) is 9.53 Å². The van der Waals surface area contributed by atoms with Gasteiger partial charge in [0.2, 0.25) is 17.2 Å². The van der Waals surface area contributed by atoms with Gasteiger partial charge in [-0.3, -0.25) is 9.59 Å². The van der Waals surface area contributed by atoms with E-state index in [4.69, 9.17) is 4.74 Å². The van der Waals surface area contributed by atoms with Crippen LogP contribution < -0.4 is 0 Å². The minimum absolute atomic E-state index is 0.0456. The third-order valence-corrected chi connectivity index (χ3v) is 3.76. The molecule has 0 saturated carbocycles. The lowest BCUT2D eigenvalue weighted by Gasteiger charge is -2.25. The standard InChI is InChI=1S/C16H18O5/c1-3-7-12(17)15(20)21-16(4-2)13(18)10-8-5-6-9-11(10)14(16)19/h5-6,8-9,12,17H,3-4,7H2,1-2H3. The van der Waals surface area contributed by atoms with Crippen molar-refractivity contribution in [3.63, 3.8) is 0 Å². The SMILES string of the molecule is CCCC(O)C(=O)OC1(CC)C(=O)c2ccccc2C1=O. The second-order valence-corrected chi connectivity index (χ2v) is 5.11. The molecule has 1 unspecified atom stereocenters. The van der Waals surface area contributed by atoms with Crippen LogP contribution in [0.5, 0.6) is 0 Å². The van der Waals surface area contributed by atoms with Crippen LogP contribution in [0.2, 0.25) is 0 Å². The molecule has 112 valence electrons. The molecule has 1 aliphatic rings. The van der Waals surface area contributed by atoms with Gasteiger partial charge in [-0.15, -0.1) is 0 Å². The summed E-state index contributed by atoms with van der Waals surface area (Å²) in [5, 5.41) is 9.68. The van der Waals surface area contributed by atoms with Crippen molar-refractivity contribution in [1.82, 2.24) is 0 Å². The molecule has 1 atom stereocenters. The minimum atomic E-state index is -1.82. The predicted octanol–water partition coefficient (Wildman–Crippen LogP) is 1.92. The average Bonchev–Trinajstić information content (AvgIpc) is 2.70. The fourth-order valence-electron chi connectivity index (χ4n) is 2.53. The van der Waals surface area contributed by atoms with Crippen LogP contribution in [-0.4, -0.2) is 34.3 Å². The van der Waals surface area contributed by atoms with Crippen LogP contribution in [0.3, 0.4) is 0 Å². The number of hydrogen-bond donors (Lipinski definition) is 1. The first-order chi connectivity index (χ1) is 9.97. The third kappa shape index (κ3) is 2.38. The first kappa shape index (κ1) is 15.4. The van der Waals surface area contributed by atoms with Gasteiger partial charge in [0.25, 0.3) is 0 Å². The second kappa shape index (κ2) is 5.77. The van der Waals surface area contributed by atoms with Gasteiger partial charge in [0.1, 0.15) is 0 Å². The molecule has 21 heavy (non-hydrogen) atoms. The molecule has 5 nitrogen and oxygen atoms in total. The van der Waals surface area contributed by atoms with Crippen molar-refractivity contribution in [3.05, 3.63) is 35.4 Å². The maximum atomic E-state index is 12.5. The topological polar surface area (TPSA) is 80.7 Å².